The molecule has 0 spiro atoms. The molecule has 2 fully saturated rings. The molecule has 3 aliphatic carbocycles. The number of nitrogens with one attached hydrogen (secondary N) is 2. The van der Waals surface area contributed by atoms with Gasteiger partial charge in [0.15, 0.2) is 5.82 Å². The van der Waals surface area contributed by atoms with Crippen LogP contribution in [0.3, 0.4) is 0 Å². The number of hydrogen-bond acceptors (Lipinski definition) is 6. The predicted molar refractivity (Wildman–Crippen MR) is 142 cm³/mol. The first-order chi connectivity index (χ1) is 17.6. The van der Waals surface area contributed by atoms with Gasteiger partial charge in [-0.25, -0.2) is 4.98 Å². The summed E-state index contributed by atoms with van der Waals surface area (Å²) in [7, 11) is 2.09. The second-order valence-corrected chi connectivity index (χ2v) is 11.1. The van der Waals surface area contributed by atoms with Gasteiger partial charge in [-0.1, -0.05) is 24.3 Å². The first kappa shape index (κ1) is 23.2. The molecule has 1 aromatic carbocycles. The van der Waals surface area contributed by atoms with Gasteiger partial charge in [-0.3, -0.25) is 9.89 Å². The van der Waals surface area contributed by atoms with Crippen LogP contribution in [0.2, 0.25) is 0 Å². The number of ketones is 1. The Labute approximate surface area is 213 Å². The predicted octanol–water partition coefficient (Wildman–Crippen LogP) is 5.58. The fourth-order valence-corrected chi connectivity index (χ4v) is 6.14. The van der Waals surface area contributed by atoms with E-state index in [9.17, 15) is 4.79 Å². The number of carbonyl (C=O) groups excluding carboxylic acids is 1. The number of hydrogen-bond donors (Lipinski definition) is 2. The number of nitrogens with zero attached hydrogens (tertiary/aromatic N) is 4. The monoisotopic (exact) mass is 484 g/mol. The van der Waals surface area contributed by atoms with E-state index in [1.807, 2.05) is 6.07 Å². The average Bonchev–Trinajstić information content (AvgIpc) is 3.50. The summed E-state index contributed by atoms with van der Waals surface area (Å²) in [5.74, 6) is 4.40. The summed E-state index contributed by atoms with van der Waals surface area (Å²) in [4.78, 5) is 24.3. The maximum atomic E-state index is 12.8. The van der Waals surface area contributed by atoms with Crippen LogP contribution in [-0.2, 0) is 17.6 Å². The van der Waals surface area contributed by atoms with Crippen LogP contribution in [0.25, 0.3) is 0 Å². The van der Waals surface area contributed by atoms with E-state index in [0.29, 0.717) is 29.6 Å². The minimum atomic E-state index is 0.405. The van der Waals surface area contributed by atoms with Crippen LogP contribution in [0.5, 0.6) is 0 Å². The maximum Gasteiger partial charge on any atom is 0.227 e. The van der Waals surface area contributed by atoms with Gasteiger partial charge in [0.25, 0.3) is 0 Å². The van der Waals surface area contributed by atoms with Gasteiger partial charge < -0.3 is 10.2 Å². The Morgan fingerprint density at radius 2 is 1.69 bits per heavy atom. The molecule has 188 valence electrons. The van der Waals surface area contributed by atoms with Crippen molar-refractivity contribution in [1.82, 2.24) is 20.2 Å². The number of carbonyl (C=O) groups is 1. The van der Waals surface area contributed by atoms with Gasteiger partial charge in [-0.2, -0.15) is 10.1 Å². The molecule has 0 saturated heterocycles. The van der Waals surface area contributed by atoms with E-state index in [2.05, 4.69) is 62.8 Å². The van der Waals surface area contributed by atoms with Crippen LogP contribution < -0.4 is 10.2 Å². The molecule has 0 amide bonds. The Hall–Kier alpha value is -3.22. The molecule has 3 aliphatic rings. The summed E-state index contributed by atoms with van der Waals surface area (Å²) in [6.07, 6.45) is 12.3. The van der Waals surface area contributed by atoms with Crippen LogP contribution in [0.1, 0.15) is 74.1 Å². The first-order valence-corrected chi connectivity index (χ1v) is 13.6. The number of anilines is 3. The molecule has 36 heavy (non-hydrogen) atoms. The molecular formula is C29H36N6O. The molecule has 2 aromatic heterocycles. The number of fused-ring (bicyclic) bond motifs is 1. The number of aromatic amines is 1. The fourth-order valence-electron chi connectivity index (χ4n) is 6.14. The summed E-state index contributed by atoms with van der Waals surface area (Å²) in [6.45, 7) is 0. The molecule has 6 rings (SSSR count). The zero-order valence-electron chi connectivity index (χ0n) is 21.1. The van der Waals surface area contributed by atoms with E-state index in [0.717, 1.165) is 69.0 Å². The molecule has 3 aromatic rings. The standard InChI is InChI=1S/C29H36N6O/c1-35(29-30-13-12-27(32-29)31-28-18-26(33-34-28)21-8-9-21)24-10-6-19(7-11-24)16-25(36)17-20-14-22-4-2-3-5-23(22)15-20/h2-5,12-13,18-21,24H,6-11,14-17H2,1H3,(H2,30,31,32,33,34). The smallest absolute Gasteiger partial charge is 0.227 e. The van der Waals surface area contributed by atoms with Crippen LogP contribution >= 0.6 is 0 Å². The summed E-state index contributed by atoms with van der Waals surface area (Å²) in [5, 5.41) is 10.8. The van der Waals surface area contributed by atoms with Crippen molar-refractivity contribution in [2.24, 2.45) is 11.8 Å². The number of benzene rings is 1. The molecule has 0 aliphatic heterocycles. The molecule has 7 heteroatoms. The van der Waals surface area contributed by atoms with Gasteiger partial charge in [-0.05, 0) is 80.4 Å². The number of rotatable bonds is 9. The number of aromatic nitrogens is 4. The lowest BCUT2D eigenvalue weighted by atomic mass is 9.81. The lowest BCUT2D eigenvalue weighted by Gasteiger charge is -2.34. The summed E-state index contributed by atoms with van der Waals surface area (Å²) in [5.41, 5.74) is 4.08. The lowest BCUT2D eigenvalue weighted by Crippen LogP contribution is -2.36. The second kappa shape index (κ2) is 10.0. The number of H-pyrrole nitrogens is 1. The van der Waals surface area contributed by atoms with Gasteiger partial charge in [0.05, 0.1) is 0 Å². The minimum absolute atomic E-state index is 0.405. The Balaban J connectivity index is 0.976. The second-order valence-electron chi connectivity index (χ2n) is 11.1. The van der Waals surface area contributed by atoms with Crippen LogP contribution in [0, 0.1) is 11.8 Å². The Bertz CT molecular complexity index is 1180. The molecule has 0 unspecified atom stereocenters. The topological polar surface area (TPSA) is 86.8 Å². The van der Waals surface area contributed by atoms with E-state index < -0.39 is 0 Å². The van der Waals surface area contributed by atoms with E-state index >= 15 is 0 Å². The van der Waals surface area contributed by atoms with Gasteiger partial charge in [0.1, 0.15) is 11.6 Å². The first-order valence-electron chi connectivity index (χ1n) is 13.6. The van der Waals surface area contributed by atoms with E-state index in [4.69, 9.17) is 4.98 Å². The molecule has 2 heterocycles. The average molecular weight is 485 g/mol. The fraction of sp³-hybridized carbons (Fsp3) is 0.517. The SMILES string of the molecule is CN(c1nccc(Nc2cc(C3CC3)[nH]n2)n1)C1CCC(CC(=O)CC2Cc3ccccc3C2)CC1. The van der Waals surface area contributed by atoms with E-state index in [1.54, 1.807) is 6.20 Å². The summed E-state index contributed by atoms with van der Waals surface area (Å²) in [6, 6.07) is 13.0. The number of Topliss-reactive ketones (excluding diaryl/α,β-unsaturated/α-hetero) is 1. The highest BCUT2D eigenvalue weighted by Gasteiger charge is 2.29. The maximum absolute atomic E-state index is 12.8. The van der Waals surface area contributed by atoms with Crippen molar-refractivity contribution in [3.8, 4) is 0 Å². The zero-order valence-corrected chi connectivity index (χ0v) is 21.1. The van der Waals surface area contributed by atoms with Gasteiger partial charge in [0.2, 0.25) is 5.95 Å². The van der Waals surface area contributed by atoms with Crippen LogP contribution in [0.4, 0.5) is 17.6 Å². The summed E-state index contributed by atoms with van der Waals surface area (Å²) < 4.78 is 0. The van der Waals surface area contributed by atoms with Crippen molar-refractivity contribution >= 4 is 23.4 Å². The van der Waals surface area contributed by atoms with E-state index in [-0.39, 0.29) is 0 Å². The molecular weight excluding hydrogens is 448 g/mol. The minimum Gasteiger partial charge on any atom is -0.341 e. The van der Waals surface area contributed by atoms with Crippen molar-refractivity contribution in [1.29, 1.82) is 0 Å². The highest BCUT2D eigenvalue weighted by atomic mass is 16.1. The van der Waals surface area contributed by atoms with Gasteiger partial charge in [-0.15, -0.1) is 0 Å². The molecule has 0 radical (unpaired) electrons. The quantitative estimate of drug-likeness (QED) is 0.412. The normalized spacial score (nSPS) is 21.8. The molecule has 0 atom stereocenters. The lowest BCUT2D eigenvalue weighted by molar-refractivity contribution is -0.121. The zero-order chi connectivity index (χ0) is 24.5. The van der Waals surface area contributed by atoms with Crippen molar-refractivity contribution in [2.45, 2.75) is 76.2 Å². The third-order valence-electron chi connectivity index (χ3n) is 8.36. The highest BCUT2D eigenvalue weighted by Crippen LogP contribution is 2.39. The van der Waals surface area contributed by atoms with Crippen molar-refractivity contribution in [2.75, 3.05) is 17.3 Å². The Kier molecular flexibility index (Phi) is 6.46. The van der Waals surface area contributed by atoms with Crippen molar-refractivity contribution in [3.63, 3.8) is 0 Å². The Morgan fingerprint density at radius 1 is 0.972 bits per heavy atom. The summed E-state index contributed by atoms with van der Waals surface area (Å²) >= 11 is 0. The molecule has 0 bridgehead atoms. The largest absolute Gasteiger partial charge is 0.341 e. The molecule has 2 saturated carbocycles. The van der Waals surface area contributed by atoms with Crippen LogP contribution in [0.15, 0.2) is 42.6 Å². The molecule has 2 N–H and O–H groups in total. The Morgan fingerprint density at radius 3 is 2.42 bits per heavy atom. The van der Waals surface area contributed by atoms with Crippen molar-refractivity contribution in [3.05, 3.63) is 59.4 Å². The van der Waals surface area contributed by atoms with Crippen LogP contribution in [-0.4, -0.2) is 39.0 Å². The third-order valence-corrected chi connectivity index (χ3v) is 8.36. The van der Waals surface area contributed by atoms with Gasteiger partial charge >= 0.3 is 0 Å². The highest BCUT2D eigenvalue weighted by molar-refractivity contribution is 5.79. The van der Waals surface area contributed by atoms with Gasteiger partial charge in [0, 0.05) is 49.8 Å². The van der Waals surface area contributed by atoms with Crippen molar-refractivity contribution < 1.29 is 4.79 Å². The third kappa shape index (κ3) is 5.30. The van der Waals surface area contributed by atoms with E-state index in [1.165, 1.54) is 29.7 Å². The molecule has 7 nitrogen and oxygen atoms in total.